The van der Waals surface area contributed by atoms with Crippen molar-refractivity contribution in [2.45, 2.75) is 39.0 Å². The van der Waals surface area contributed by atoms with Gasteiger partial charge in [-0.25, -0.2) is 0 Å². The smallest absolute Gasteiger partial charge is 0.00122 e. The van der Waals surface area contributed by atoms with Crippen molar-refractivity contribution in [1.29, 1.82) is 0 Å². The van der Waals surface area contributed by atoms with E-state index in [1.165, 1.54) is 64.8 Å². The first-order valence-corrected chi connectivity index (χ1v) is 6.79. The molecular formula is C13H26N2. The Balaban J connectivity index is 1.75. The van der Waals surface area contributed by atoms with E-state index in [0.29, 0.717) is 0 Å². The van der Waals surface area contributed by atoms with Crippen molar-refractivity contribution in [3.05, 3.63) is 0 Å². The summed E-state index contributed by atoms with van der Waals surface area (Å²) in [7, 11) is 0. The zero-order valence-electron chi connectivity index (χ0n) is 10.2. The lowest BCUT2D eigenvalue weighted by atomic mass is 9.97. The molecule has 2 fully saturated rings. The molecule has 0 radical (unpaired) electrons. The molecule has 0 bridgehead atoms. The number of rotatable bonds is 2. The minimum absolute atomic E-state index is 0.980. The molecule has 1 aliphatic heterocycles. The average Bonchev–Trinajstić information content (AvgIpc) is 2.56. The molecule has 1 N–H and O–H groups in total. The maximum absolute atomic E-state index is 3.48. The highest BCUT2D eigenvalue weighted by Gasteiger charge is 2.25. The van der Waals surface area contributed by atoms with Crippen LogP contribution in [0.2, 0.25) is 0 Å². The van der Waals surface area contributed by atoms with E-state index in [-0.39, 0.29) is 0 Å². The van der Waals surface area contributed by atoms with Crippen molar-refractivity contribution in [3.63, 3.8) is 0 Å². The Bertz CT molecular complexity index is 173. The molecule has 2 atom stereocenters. The summed E-state index contributed by atoms with van der Waals surface area (Å²) in [5, 5.41) is 3.48. The number of nitrogens with one attached hydrogen (secondary N) is 1. The molecule has 0 spiro atoms. The monoisotopic (exact) mass is 210 g/mol. The van der Waals surface area contributed by atoms with Crippen molar-refractivity contribution in [1.82, 2.24) is 10.2 Å². The van der Waals surface area contributed by atoms with Crippen LogP contribution < -0.4 is 5.32 Å². The van der Waals surface area contributed by atoms with Gasteiger partial charge in [0, 0.05) is 6.54 Å². The first-order chi connectivity index (χ1) is 7.36. The van der Waals surface area contributed by atoms with E-state index in [1.54, 1.807) is 0 Å². The summed E-state index contributed by atoms with van der Waals surface area (Å²) in [5.74, 6) is 1.98. The van der Waals surface area contributed by atoms with E-state index in [9.17, 15) is 0 Å². The highest BCUT2D eigenvalue weighted by atomic mass is 15.1. The van der Waals surface area contributed by atoms with Gasteiger partial charge in [0.1, 0.15) is 0 Å². The fourth-order valence-electron chi connectivity index (χ4n) is 3.10. The van der Waals surface area contributed by atoms with Crippen LogP contribution in [0.4, 0.5) is 0 Å². The summed E-state index contributed by atoms with van der Waals surface area (Å²) in [6.45, 7) is 8.89. The van der Waals surface area contributed by atoms with Crippen LogP contribution in [0.25, 0.3) is 0 Å². The van der Waals surface area contributed by atoms with Gasteiger partial charge in [0.2, 0.25) is 0 Å². The van der Waals surface area contributed by atoms with E-state index < -0.39 is 0 Å². The Morgan fingerprint density at radius 3 is 2.40 bits per heavy atom. The Morgan fingerprint density at radius 1 is 1.07 bits per heavy atom. The molecule has 88 valence electrons. The molecule has 0 aromatic rings. The van der Waals surface area contributed by atoms with Crippen LogP contribution in [0.1, 0.15) is 39.0 Å². The molecule has 0 aromatic carbocycles. The van der Waals surface area contributed by atoms with Crippen LogP contribution in [0.3, 0.4) is 0 Å². The van der Waals surface area contributed by atoms with E-state index >= 15 is 0 Å². The van der Waals surface area contributed by atoms with Gasteiger partial charge < -0.3 is 10.2 Å². The Hall–Kier alpha value is -0.0800. The lowest BCUT2D eigenvalue weighted by Gasteiger charge is -2.29. The molecule has 15 heavy (non-hydrogen) atoms. The molecule has 1 saturated carbocycles. The third-order valence-electron chi connectivity index (χ3n) is 4.19. The zero-order chi connectivity index (χ0) is 10.5. The topological polar surface area (TPSA) is 15.3 Å². The van der Waals surface area contributed by atoms with E-state index in [1.807, 2.05) is 0 Å². The van der Waals surface area contributed by atoms with Crippen LogP contribution in [-0.2, 0) is 0 Å². The molecule has 1 heterocycles. The normalized spacial score (nSPS) is 35.0. The van der Waals surface area contributed by atoms with Crippen molar-refractivity contribution in [2.24, 2.45) is 11.8 Å². The van der Waals surface area contributed by atoms with Crippen molar-refractivity contribution in [2.75, 3.05) is 32.7 Å². The average molecular weight is 210 g/mol. The van der Waals surface area contributed by atoms with Gasteiger partial charge in [0.15, 0.2) is 0 Å². The SMILES string of the molecule is CC1CCCC1CN1CCCNCCC1. The van der Waals surface area contributed by atoms with Crippen molar-refractivity contribution in [3.8, 4) is 0 Å². The summed E-state index contributed by atoms with van der Waals surface area (Å²) < 4.78 is 0. The second-order valence-electron chi connectivity index (χ2n) is 5.43. The van der Waals surface area contributed by atoms with Gasteiger partial charge in [-0.3, -0.25) is 0 Å². The first-order valence-electron chi connectivity index (χ1n) is 6.79. The lowest BCUT2D eigenvalue weighted by molar-refractivity contribution is 0.198. The molecule has 2 rings (SSSR count). The summed E-state index contributed by atoms with van der Waals surface area (Å²) in [6, 6.07) is 0. The van der Waals surface area contributed by atoms with Crippen molar-refractivity contribution >= 4 is 0 Å². The predicted octanol–water partition coefficient (Wildman–Crippen LogP) is 2.11. The van der Waals surface area contributed by atoms with Crippen LogP contribution in [0.15, 0.2) is 0 Å². The molecule has 1 saturated heterocycles. The van der Waals surface area contributed by atoms with Gasteiger partial charge in [-0.2, -0.15) is 0 Å². The molecule has 2 aliphatic rings. The minimum atomic E-state index is 0.980. The Kier molecular flexibility index (Phi) is 4.45. The van der Waals surface area contributed by atoms with Crippen LogP contribution in [-0.4, -0.2) is 37.6 Å². The summed E-state index contributed by atoms with van der Waals surface area (Å²) in [4.78, 5) is 2.72. The summed E-state index contributed by atoms with van der Waals surface area (Å²) in [6.07, 6.45) is 7.10. The second kappa shape index (κ2) is 5.86. The fraction of sp³-hybridized carbons (Fsp3) is 1.00. The number of hydrogen-bond acceptors (Lipinski definition) is 2. The molecule has 2 nitrogen and oxygen atoms in total. The van der Waals surface area contributed by atoms with Crippen LogP contribution >= 0.6 is 0 Å². The largest absolute Gasteiger partial charge is 0.317 e. The maximum atomic E-state index is 3.48. The minimum Gasteiger partial charge on any atom is -0.317 e. The van der Waals surface area contributed by atoms with E-state index in [0.717, 1.165) is 11.8 Å². The van der Waals surface area contributed by atoms with Crippen LogP contribution in [0.5, 0.6) is 0 Å². The standard InChI is InChI=1S/C13H26N2/c1-12-5-2-6-13(12)11-15-9-3-7-14-8-4-10-15/h12-14H,2-11H2,1H3. The zero-order valence-corrected chi connectivity index (χ0v) is 10.2. The third kappa shape index (κ3) is 3.46. The van der Waals surface area contributed by atoms with Crippen LogP contribution in [0, 0.1) is 11.8 Å². The van der Waals surface area contributed by atoms with Gasteiger partial charge in [-0.1, -0.05) is 19.8 Å². The number of hydrogen-bond donors (Lipinski definition) is 1. The molecule has 2 heteroatoms. The highest BCUT2D eigenvalue weighted by Crippen LogP contribution is 2.31. The molecule has 0 aromatic heterocycles. The first kappa shape index (κ1) is 11.4. The van der Waals surface area contributed by atoms with Gasteiger partial charge in [0.05, 0.1) is 0 Å². The van der Waals surface area contributed by atoms with Gasteiger partial charge in [-0.15, -0.1) is 0 Å². The maximum Gasteiger partial charge on any atom is 0.00122 e. The second-order valence-corrected chi connectivity index (χ2v) is 5.43. The Labute approximate surface area is 94.4 Å². The molecule has 1 aliphatic carbocycles. The summed E-state index contributed by atoms with van der Waals surface area (Å²) in [5.41, 5.74) is 0. The predicted molar refractivity (Wildman–Crippen MR) is 65.0 cm³/mol. The van der Waals surface area contributed by atoms with Gasteiger partial charge in [0.25, 0.3) is 0 Å². The third-order valence-corrected chi connectivity index (χ3v) is 4.19. The lowest BCUT2D eigenvalue weighted by Crippen LogP contribution is -2.37. The van der Waals surface area contributed by atoms with Crippen molar-refractivity contribution < 1.29 is 0 Å². The molecule has 2 unspecified atom stereocenters. The van der Waals surface area contributed by atoms with E-state index in [4.69, 9.17) is 0 Å². The highest BCUT2D eigenvalue weighted by molar-refractivity contribution is 4.78. The quantitative estimate of drug-likeness (QED) is 0.751. The summed E-state index contributed by atoms with van der Waals surface area (Å²) >= 11 is 0. The number of nitrogens with zero attached hydrogens (tertiary/aromatic N) is 1. The Morgan fingerprint density at radius 2 is 1.80 bits per heavy atom. The molecular weight excluding hydrogens is 184 g/mol. The molecule has 0 amide bonds. The van der Waals surface area contributed by atoms with Gasteiger partial charge in [-0.05, 0) is 57.3 Å². The fourth-order valence-corrected chi connectivity index (χ4v) is 3.10. The van der Waals surface area contributed by atoms with Gasteiger partial charge >= 0.3 is 0 Å². The van der Waals surface area contributed by atoms with E-state index in [2.05, 4.69) is 17.1 Å².